The van der Waals surface area contributed by atoms with Gasteiger partial charge in [0.05, 0.1) is 5.69 Å². The van der Waals surface area contributed by atoms with Crippen LogP contribution in [-0.4, -0.2) is 33.7 Å². The Bertz CT molecular complexity index is 733. The van der Waals surface area contributed by atoms with Crippen molar-refractivity contribution in [3.8, 4) is 5.69 Å². The first-order valence-corrected chi connectivity index (χ1v) is 8.06. The third-order valence-electron chi connectivity index (χ3n) is 4.30. The van der Waals surface area contributed by atoms with E-state index < -0.39 is 5.91 Å². The molecule has 1 aromatic heterocycles. The first-order chi connectivity index (χ1) is 11.5. The summed E-state index contributed by atoms with van der Waals surface area (Å²) < 4.78 is 1.40. The molecule has 1 saturated carbocycles. The number of primary amides is 1. The van der Waals surface area contributed by atoms with Crippen molar-refractivity contribution in [2.45, 2.75) is 37.8 Å². The van der Waals surface area contributed by atoms with Gasteiger partial charge in [0.1, 0.15) is 5.69 Å². The minimum absolute atomic E-state index is 0.0937. The van der Waals surface area contributed by atoms with Crippen molar-refractivity contribution in [3.05, 3.63) is 47.8 Å². The van der Waals surface area contributed by atoms with E-state index in [1.807, 2.05) is 18.2 Å². The van der Waals surface area contributed by atoms with Crippen LogP contribution in [0.15, 0.2) is 36.4 Å². The number of hydrogen-bond acceptors (Lipinski definition) is 4. The van der Waals surface area contributed by atoms with Gasteiger partial charge in [-0.05, 0) is 37.8 Å². The molecule has 1 aromatic carbocycles. The Morgan fingerprint density at radius 2 is 1.79 bits per heavy atom. The third kappa shape index (κ3) is 3.46. The predicted molar refractivity (Wildman–Crippen MR) is 89.8 cm³/mol. The molecule has 1 fully saturated rings. The van der Waals surface area contributed by atoms with Crippen molar-refractivity contribution < 1.29 is 9.59 Å². The summed E-state index contributed by atoms with van der Waals surface area (Å²) in [4.78, 5) is 24.1. The quantitative estimate of drug-likeness (QED) is 0.776. The third-order valence-corrected chi connectivity index (χ3v) is 4.30. The Morgan fingerprint density at radius 1 is 1.12 bits per heavy atom. The van der Waals surface area contributed by atoms with Crippen LogP contribution >= 0.6 is 0 Å². The van der Waals surface area contributed by atoms with Gasteiger partial charge in [0, 0.05) is 18.2 Å². The molecule has 0 saturated heterocycles. The number of nitrogens with one attached hydrogen (secondary N) is 1. The lowest BCUT2D eigenvalue weighted by molar-refractivity contribution is 0.0919. The summed E-state index contributed by atoms with van der Waals surface area (Å²) in [5.74, 6) is -0.929. The van der Waals surface area contributed by atoms with Gasteiger partial charge in [0.2, 0.25) is 0 Å². The molecule has 7 nitrogen and oxygen atoms in total. The largest absolute Gasteiger partial charge is 0.364 e. The zero-order valence-electron chi connectivity index (χ0n) is 13.3. The van der Waals surface area contributed by atoms with Gasteiger partial charge < -0.3 is 16.8 Å². The standard InChI is InChI=1S/C17H21N5O2/c18-11-6-8-12(9-7-11)20-17(24)14-10-15(16(19)23)22(21-14)13-4-2-1-3-5-13/h1-5,10-12H,6-9,18H2,(H2,19,23)(H,20,24). The monoisotopic (exact) mass is 327 g/mol. The number of rotatable bonds is 4. The molecule has 0 aliphatic heterocycles. The lowest BCUT2D eigenvalue weighted by Gasteiger charge is -2.26. The number of aromatic nitrogens is 2. The van der Waals surface area contributed by atoms with E-state index in [2.05, 4.69) is 10.4 Å². The van der Waals surface area contributed by atoms with Gasteiger partial charge in [-0.15, -0.1) is 0 Å². The molecule has 0 atom stereocenters. The van der Waals surface area contributed by atoms with Crippen LogP contribution in [0.5, 0.6) is 0 Å². The SMILES string of the molecule is NC(=O)c1cc(C(=O)NC2CCC(N)CC2)nn1-c1ccccc1. The summed E-state index contributed by atoms with van der Waals surface area (Å²) in [5.41, 5.74) is 12.3. The molecule has 7 heteroatoms. The highest BCUT2D eigenvalue weighted by atomic mass is 16.2. The van der Waals surface area contributed by atoms with Crippen molar-refractivity contribution in [2.75, 3.05) is 0 Å². The number of hydrogen-bond donors (Lipinski definition) is 3. The van der Waals surface area contributed by atoms with E-state index in [4.69, 9.17) is 11.5 Å². The van der Waals surface area contributed by atoms with Crippen LogP contribution in [0.1, 0.15) is 46.7 Å². The molecule has 1 aliphatic carbocycles. The van der Waals surface area contributed by atoms with Crippen molar-refractivity contribution in [1.29, 1.82) is 0 Å². The first-order valence-electron chi connectivity index (χ1n) is 8.06. The normalized spacial score (nSPS) is 20.5. The first kappa shape index (κ1) is 16.2. The number of nitrogens with two attached hydrogens (primary N) is 2. The maximum atomic E-state index is 12.4. The average Bonchev–Trinajstić information content (AvgIpc) is 3.03. The molecule has 126 valence electrons. The van der Waals surface area contributed by atoms with Crippen LogP contribution in [0.4, 0.5) is 0 Å². The number of carbonyl (C=O) groups excluding carboxylic acids is 2. The van der Waals surface area contributed by atoms with E-state index in [0.29, 0.717) is 5.69 Å². The summed E-state index contributed by atoms with van der Waals surface area (Å²) in [7, 11) is 0. The fourth-order valence-corrected chi connectivity index (χ4v) is 2.96. The topological polar surface area (TPSA) is 116 Å². The second kappa shape index (κ2) is 6.84. The molecule has 0 spiro atoms. The van der Waals surface area contributed by atoms with Gasteiger partial charge >= 0.3 is 0 Å². The number of amides is 2. The van der Waals surface area contributed by atoms with E-state index in [1.54, 1.807) is 12.1 Å². The summed E-state index contributed by atoms with van der Waals surface area (Å²) in [6.07, 6.45) is 3.51. The molecule has 2 aromatic rings. The van der Waals surface area contributed by atoms with Gasteiger partial charge in [0.25, 0.3) is 11.8 Å². The van der Waals surface area contributed by atoms with E-state index in [-0.39, 0.29) is 29.4 Å². The van der Waals surface area contributed by atoms with Gasteiger partial charge in [-0.3, -0.25) is 9.59 Å². The molecule has 1 heterocycles. The Labute approximate surface area is 140 Å². The molecular formula is C17H21N5O2. The minimum atomic E-state index is -0.631. The van der Waals surface area contributed by atoms with Crippen LogP contribution < -0.4 is 16.8 Å². The Kier molecular flexibility index (Phi) is 4.61. The summed E-state index contributed by atoms with van der Waals surface area (Å²) in [6, 6.07) is 10.8. The van der Waals surface area contributed by atoms with Gasteiger partial charge in [-0.25, -0.2) is 4.68 Å². The zero-order chi connectivity index (χ0) is 17.1. The van der Waals surface area contributed by atoms with Crippen LogP contribution in [0.25, 0.3) is 5.69 Å². The highest BCUT2D eigenvalue weighted by molar-refractivity contribution is 5.97. The lowest BCUT2D eigenvalue weighted by Crippen LogP contribution is -2.40. The second-order valence-corrected chi connectivity index (χ2v) is 6.11. The van der Waals surface area contributed by atoms with Crippen LogP contribution in [0.2, 0.25) is 0 Å². The highest BCUT2D eigenvalue weighted by Crippen LogP contribution is 2.18. The Balaban J connectivity index is 1.81. The summed E-state index contributed by atoms with van der Waals surface area (Å²) in [6.45, 7) is 0. The van der Waals surface area contributed by atoms with E-state index in [1.165, 1.54) is 10.7 Å². The fourth-order valence-electron chi connectivity index (χ4n) is 2.96. The summed E-state index contributed by atoms with van der Waals surface area (Å²) in [5, 5.41) is 7.23. The molecular weight excluding hydrogens is 306 g/mol. The number of para-hydroxylation sites is 1. The van der Waals surface area contributed by atoms with Crippen LogP contribution in [-0.2, 0) is 0 Å². The smallest absolute Gasteiger partial charge is 0.272 e. The number of benzene rings is 1. The number of carbonyl (C=O) groups is 2. The molecule has 2 amide bonds. The van der Waals surface area contributed by atoms with E-state index in [9.17, 15) is 9.59 Å². The molecule has 5 N–H and O–H groups in total. The minimum Gasteiger partial charge on any atom is -0.364 e. The van der Waals surface area contributed by atoms with Crippen molar-refractivity contribution in [2.24, 2.45) is 11.5 Å². The zero-order valence-corrected chi connectivity index (χ0v) is 13.3. The summed E-state index contributed by atoms with van der Waals surface area (Å²) >= 11 is 0. The molecule has 0 bridgehead atoms. The van der Waals surface area contributed by atoms with Gasteiger partial charge in [-0.1, -0.05) is 18.2 Å². The van der Waals surface area contributed by atoms with E-state index >= 15 is 0 Å². The maximum absolute atomic E-state index is 12.4. The molecule has 24 heavy (non-hydrogen) atoms. The van der Waals surface area contributed by atoms with E-state index in [0.717, 1.165) is 25.7 Å². The maximum Gasteiger partial charge on any atom is 0.272 e. The number of nitrogens with zero attached hydrogens (tertiary/aromatic N) is 2. The highest BCUT2D eigenvalue weighted by Gasteiger charge is 2.23. The van der Waals surface area contributed by atoms with Crippen molar-refractivity contribution >= 4 is 11.8 Å². The Hall–Kier alpha value is -2.67. The molecule has 0 unspecified atom stereocenters. The lowest BCUT2D eigenvalue weighted by atomic mass is 9.92. The van der Waals surface area contributed by atoms with Gasteiger partial charge in [-0.2, -0.15) is 5.10 Å². The fraction of sp³-hybridized carbons (Fsp3) is 0.353. The Morgan fingerprint density at radius 3 is 2.42 bits per heavy atom. The van der Waals surface area contributed by atoms with Crippen LogP contribution in [0, 0.1) is 0 Å². The molecule has 0 radical (unpaired) electrons. The second-order valence-electron chi connectivity index (χ2n) is 6.11. The average molecular weight is 327 g/mol. The van der Waals surface area contributed by atoms with Crippen LogP contribution in [0.3, 0.4) is 0 Å². The molecule has 1 aliphatic rings. The van der Waals surface area contributed by atoms with Crippen molar-refractivity contribution in [1.82, 2.24) is 15.1 Å². The predicted octanol–water partition coefficient (Wildman–Crippen LogP) is 0.971. The van der Waals surface area contributed by atoms with Gasteiger partial charge in [0.15, 0.2) is 5.69 Å². The van der Waals surface area contributed by atoms with Crippen molar-refractivity contribution in [3.63, 3.8) is 0 Å². The molecule has 3 rings (SSSR count).